The Bertz CT molecular complexity index is 625. The summed E-state index contributed by atoms with van der Waals surface area (Å²) < 4.78 is 31.9. The molecule has 1 aliphatic rings. The fraction of sp³-hybridized carbons (Fsp3) is 0.667. The highest BCUT2D eigenvalue weighted by molar-refractivity contribution is 7.88. The van der Waals surface area contributed by atoms with Gasteiger partial charge in [-0.25, -0.2) is 8.42 Å². The van der Waals surface area contributed by atoms with Crippen LogP contribution < -0.4 is 9.46 Å². The third-order valence-corrected chi connectivity index (χ3v) is 5.30. The molecule has 0 spiro atoms. The van der Waals surface area contributed by atoms with Crippen LogP contribution in [0.1, 0.15) is 37.3 Å². The summed E-state index contributed by atoms with van der Waals surface area (Å²) in [7, 11) is -3.19. The fourth-order valence-corrected chi connectivity index (χ4v) is 4.22. The Morgan fingerprint density at radius 3 is 2.58 bits per heavy atom. The number of aryl methyl sites for hydroxylation is 2. The largest absolute Gasteiger partial charge is 0.493 e. The van der Waals surface area contributed by atoms with Gasteiger partial charge in [-0.15, -0.1) is 0 Å². The Morgan fingerprint density at radius 2 is 2.00 bits per heavy atom. The summed E-state index contributed by atoms with van der Waals surface area (Å²) in [6.07, 6.45) is 4.06. The van der Waals surface area contributed by atoms with Crippen molar-refractivity contribution in [2.45, 2.75) is 46.2 Å². The second kappa shape index (κ2) is 8.32. The maximum absolute atomic E-state index is 11.5. The minimum absolute atomic E-state index is 0.122. The first-order chi connectivity index (χ1) is 11.3. The summed E-state index contributed by atoms with van der Waals surface area (Å²) in [6, 6.07) is 6.18. The molecule has 24 heavy (non-hydrogen) atoms. The molecule has 1 saturated heterocycles. The predicted molar refractivity (Wildman–Crippen MR) is 97.8 cm³/mol. The number of rotatable bonds is 7. The van der Waals surface area contributed by atoms with Crippen molar-refractivity contribution in [1.29, 1.82) is 0 Å². The van der Waals surface area contributed by atoms with Gasteiger partial charge in [0.05, 0.1) is 19.0 Å². The Labute approximate surface area is 146 Å². The van der Waals surface area contributed by atoms with Gasteiger partial charge in [0.2, 0.25) is 10.0 Å². The average Bonchev–Trinajstić information content (AvgIpc) is 2.51. The first-order valence-corrected chi connectivity index (χ1v) is 10.6. The van der Waals surface area contributed by atoms with Crippen molar-refractivity contribution >= 4 is 10.0 Å². The highest BCUT2D eigenvalue weighted by Gasteiger charge is 2.27. The summed E-state index contributed by atoms with van der Waals surface area (Å²) in [5.74, 6) is 1.41. The molecule has 0 aromatic heterocycles. The molecule has 0 saturated carbocycles. The van der Waals surface area contributed by atoms with E-state index in [0.717, 1.165) is 49.2 Å². The first kappa shape index (κ1) is 19.2. The molecule has 1 aromatic rings. The summed E-state index contributed by atoms with van der Waals surface area (Å²) in [5.41, 5.74) is 2.32. The lowest BCUT2D eigenvalue weighted by molar-refractivity contribution is 0.0876. The zero-order valence-electron chi connectivity index (χ0n) is 15.2. The van der Waals surface area contributed by atoms with E-state index in [-0.39, 0.29) is 6.17 Å². The molecular formula is C18H30N2O3S. The zero-order chi connectivity index (χ0) is 17.7. The monoisotopic (exact) mass is 354 g/mol. The lowest BCUT2D eigenvalue weighted by Crippen LogP contribution is -2.51. The Hall–Kier alpha value is -1.11. The van der Waals surface area contributed by atoms with Crippen LogP contribution in [0.25, 0.3) is 0 Å². The molecule has 1 N–H and O–H groups in total. The van der Waals surface area contributed by atoms with Crippen LogP contribution in [0.2, 0.25) is 0 Å². The van der Waals surface area contributed by atoms with Crippen molar-refractivity contribution in [3.8, 4) is 5.75 Å². The third-order valence-electron chi connectivity index (χ3n) is 4.60. The fourth-order valence-electron chi connectivity index (χ4n) is 3.41. The number of sulfonamides is 1. The molecule has 0 radical (unpaired) electrons. The molecule has 0 bridgehead atoms. The van der Waals surface area contributed by atoms with E-state index in [4.69, 9.17) is 4.74 Å². The molecule has 0 amide bonds. The number of hydrogen-bond acceptors (Lipinski definition) is 4. The molecule has 2 atom stereocenters. The third kappa shape index (κ3) is 5.46. The van der Waals surface area contributed by atoms with Gasteiger partial charge in [0.25, 0.3) is 0 Å². The van der Waals surface area contributed by atoms with Gasteiger partial charge >= 0.3 is 0 Å². The van der Waals surface area contributed by atoms with E-state index < -0.39 is 10.0 Å². The van der Waals surface area contributed by atoms with Gasteiger partial charge < -0.3 is 4.74 Å². The van der Waals surface area contributed by atoms with E-state index in [0.29, 0.717) is 12.5 Å². The molecular weight excluding hydrogens is 324 g/mol. The van der Waals surface area contributed by atoms with Crippen LogP contribution in [0.3, 0.4) is 0 Å². The van der Waals surface area contributed by atoms with E-state index in [2.05, 4.69) is 35.6 Å². The number of hydrogen-bond donors (Lipinski definition) is 1. The van der Waals surface area contributed by atoms with E-state index in [9.17, 15) is 8.42 Å². The van der Waals surface area contributed by atoms with Gasteiger partial charge in [0, 0.05) is 12.5 Å². The number of nitrogens with zero attached hydrogens (tertiary/aromatic N) is 1. The number of para-hydroxylation sites is 1. The normalized spacial score (nSPS) is 20.8. The topological polar surface area (TPSA) is 58.6 Å². The van der Waals surface area contributed by atoms with E-state index in [1.807, 2.05) is 13.0 Å². The predicted octanol–water partition coefficient (Wildman–Crippen LogP) is 2.68. The Kier molecular flexibility index (Phi) is 6.66. The van der Waals surface area contributed by atoms with Crippen molar-refractivity contribution in [3.63, 3.8) is 0 Å². The lowest BCUT2D eigenvalue weighted by Gasteiger charge is -2.37. The highest BCUT2D eigenvalue weighted by atomic mass is 32.2. The van der Waals surface area contributed by atoms with Crippen molar-refractivity contribution in [2.75, 3.05) is 26.0 Å². The molecule has 0 aliphatic carbocycles. The van der Waals surface area contributed by atoms with E-state index in [1.165, 1.54) is 6.26 Å². The van der Waals surface area contributed by atoms with Crippen LogP contribution >= 0.6 is 0 Å². The molecule has 1 fully saturated rings. The average molecular weight is 355 g/mol. The van der Waals surface area contributed by atoms with Crippen molar-refractivity contribution in [1.82, 2.24) is 9.62 Å². The molecule has 136 valence electrons. The molecule has 1 heterocycles. The van der Waals surface area contributed by atoms with Gasteiger partial charge in [-0.1, -0.05) is 25.1 Å². The van der Waals surface area contributed by atoms with Crippen LogP contribution in [0.15, 0.2) is 18.2 Å². The molecule has 1 aromatic carbocycles. The molecule has 2 rings (SSSR count). The molecule has 5 nitrogen and oxygen atoms in total. The highest BCUT2D eigenvalue weighted by Crippen LogP contribution is 2.25. The minimum atomic E-state index is -3.19. The number of likely N-dealkylation sites (tertiary alicyclic amines) is 1. The van der Waals surface area contributed by atoms with Gasteiger partial charge in [-0.3, -0.25) is 4.90 Å². The van der Waals surface area contributed by atoms with Crippen LogP contribution in [0.4, 0.5) is 0 Å². The maximum Gasteiger partial charge on any atom is 0.210 e. The van der Waals surface area contributed by atoms with Crippen LogP contribution in [0, 0.1) is 19.8 Å². The molecule has 2 unspecified atom stereocenters. The second-order valence-corrected chi connectivity index (χ2v) is 8.63. The Balaban J connectivity index is 1.95. The van der Waals surface area contributed by atoms with Crippen LogP contribution in [-0.4, -0.2) is 45.4 Å². The quantitative estimate of drug-likeness (QED) is 0.818. The number of piperidine rings is 1. The van der Waals surface area contributed by atoms with E-state index in [1.54, 1.807) is 0 Å². The van der Waals surface area contributed by atoms with Crippen molar-refractivity contribution in [2.24, 2.45) is 5.92 Å². The van der Waals surface area contributed by atoms with Gasteiger partial charge in [-0.05, 0) is 50.8 Å². The number of nitrogens with one attached hydrogen (secondary N) is 1. The van der Waals surface area contributed by atoms with Gasteiger partial charge in [0.1, 0.15) is 5.75 Å². The van der Waals surface area contributed by atoms with Gasteiger partial charge in [-0.2, -0.15) is 4.72 Å². The first-order valence-electron chi connectivity index (χ1n) is 8.70. The maximum atomic E-state index is 11.5. The second-order valence-electron chi connectivity index (χ2n) is 6.85. The summed E-state index contributed by atoms with van der Waals surface area (Å²) in [4.78, 5) is 2.24. The van der Waals surface area contributed by atoms with Crippen molar-refractivity contribution in [3.05, 3.63) is 29.3 Å². The smallest absolute Gasteiger partial charge is 0.210 e. The SMILES string of the molecule is CCC(NS(C)(=O)=O)N1CCCC(COc2c(C)cccc2C)C1. The van der Waals surface area contributed by atoms with E-state index >= 15 is 0 Å². The standard InChI is InChI=1S/C18H30N2O3S/c1-5-17(19-24(4,21)22)20-11-7-10-16(12-20)13-23-18-14(2)8-6-9-15(18)3/h6,8-9,16-17,19H,5,7,10-13H2,1-4H3. The zero-order valence-corrected chi connectivity index (χ0v) is 16.0. The number of benzene rings is 1. The van der Waals surface area contributed by atoms with Crippen molar-refractivity contribution < 1.29 is 13.2 Å². The van der Waals surface area contributed by atoms with Gasteiger partial charge in [0.15, 0.2) is 0 Å². The Morgan fingerprint density at radius 1 is 1.33 bits per heavy atom. The summed E-state index contributed by atoms with van der Waals surface area (Å²) in [5, 5.41) is 0. The summed E-state index contributed by atoms with van der Waals surface area (Å²) in [6.45, 7) is 8.63. The minimum Gasteiger partial charge on any atom is -0.493 e. The van der Waals surface area contributed by atoms with Crippen LogP contribution in [-0.2, 0) is 10.0 Å². The summed E-state index contributed by atoms with van der Waals surface area (Å²) >= 11 is 0. The van der Waals surface area contributed by atoms with Crippen LogP contribution in [0.5, 0.6) is 5.75 Å². The molecule has 1 aliphatic heterocycles. The molecule has 6 heteroatoms. The number of ether oxygens (including phenoxy) is 1. The lowest BCUT2D eigenvalue weighted by atomic mass is 9.98.